The number of thiazole rings is 1. The Morgan fingerprint density at radius 1 is 1.02 bits per heavy atom. The summed E-state index contributed by atoms with van der Waals surface area (Å²) >= 11 is 1.66. The smallest absolute Gasteiger partial charge is 0.475 e. The molecule has 218 valence electrons. The second-order valence-corrected chi connectivity index (χ2v) is 8.94. The third-order valence-corrected chi connectivity index (χ3v) is 5.68. The van der Waals surface area contributed by atoms with Crippen molar-refractivity contribution in [3.63, 3.8) is 0 Å². The van der Waals surface area contributed by atoms with Gasteiger partial charge in [-0.15, -0.1) is 11.3 Å². The van der Waals surface area contributed by atoms with Crippen LogP contribution in [0.3, 0.4) is 0 Å². The molecular formula is C22H22F6N6O5S. The number of nitrogens with one attached hydrogen (secondary N) is 1. The molecule has 0 aromatic carbocycles. The first-order valence-corrected chi connectivity index (χ1v) is 11.9. The molecule has 3 aromatic heterocycles. The third kappa shape index (κ3) is 11.0. The molecule has 0 bridgehead atoms. The lowest BCUT2D eigenvalue weighted by Crippen LogP contribution is -2.39. The van der Waals surface area contributed by atoms with Gasteiger partial charge in [0.05, 0.1) is 24.7 Å². The minimum absolute atomic E-state index is 0.0244. The van der Waals surface area contributed by atoms with Crippen LogP contribution >= 0.6 is 11.3 Å². The summed E-state index contributed by atoms with van der Waals surface area (Å²) in [5, 5.41) is 24.7. The minimum Gasteiger partial charge on any atom is -0.475 e. The van der Waals surface area contributed by atoms with Crippen LogP contribution in [0, 0.1) is 0 Å². The number of alkyl halides is 6. The molecule has 0 aliphatic carbocycles. The Balaban J connectivity index is 0.000000333. The molecule has 0 saturated carbocycles. The van der Waals surface area contributed by atoms with Gasteiger partial charge in [0.2, 0.25) is 5.91 Å². The monoisotopic (exact) mass is 596 g/mol. The molecule has 18 heteroatoms. The highest BCUT2D eigenvalue weighted by Gasteiger charge is 2.38. The van der Waals surface area contributed by atoms with Crippen LogP contribution in [0.1, 0.15) is 28.7 Å². The number of pyridine rings is 1. The summed E-state index contributed by atoms with van der Waals surface area (Å²) < 4.78 is 65.5. The summed E-state index contributed by atoms with van der Waals surface area (Å²) in [5.41, 5.74) is 2.13. The van der Waals surface area contributed by atoms with Crippen LogP contribution in [0.25, 0.3) is 0 Å². The van der Waals surface area contributed by atoms with Crippen LogP contribution in [-0.4, -0.2) is 71.6 Å². The van der Waals surface area contributed by atoms with Crippen molar-refractivity contribution in [3.05, 3.63) is 64.6 Å². The fraction of sp³-hybridized carbons (Fsp3) is 0.364. The summed E-state index contributed by atoms with van der Waals surface area (Å²) in [6.07, 6.45) is -2.63. The molecule has 0 fully saturated rings. The zero-order valence-corrected chi connectivity index (χ0v) is 21.1. The van der Waals surface area contributed by atoms with E-state index in [2.05, 4.69) is 25.3 Å². The van der Waals surface area contributed by atoms with Crippen molar-refractivity contribution >= 4 is 29.2 Å². The van der Waals surface area contributed by atoms with Gasteiger partial charge in [0.15, 0.2) is 0 Å². The maximum Gasteiger partial charge on any atom is 0.490 e. The highest BCUT2D eigenvalue weighted by molar-refractivity contribution is 7.09. The normalized spacial score (nSPS) is 15.0. The van der Waals surface area contributed by atoms with Crippen LogP contribution in [0.5, 0.6) is 0 Å². The number of aromatic nitrogens is 4. The number of hydrogen-bond acceptors (Lipinski definition) is 8. The maximum atomic E-state index is 12.4. The molecule has 0 saturated heterocycles. The summed E-state index contributed by atoms with van der Waals surface area (Å²) in [4.78, 5) is 41.0. The van der Waals surface area contributed by atoms with Crippen molar-refractivity contribution < 1.29 is 50.9 Å². The Morgan fingerprint density at radius 3 is 2.20 bits per heavy atom. The van der Waals surface area contributed by atoms with Gasteiger partial charge < -0.3 is 15.5 Å². The number of nitrogens with zero attached hydrogens (tertiary/aromatic N) is 5. The predicted molar refractivity (Wildman–Crippen MR) is 126 cm³/mol. The molecule has 3 N–H and O–H groups in total. The minimum atomic E-state index is -5.08. The third-order valence-electron chi connectivity index (χ3n) is 4.91. The topological polar surface area (TPSA) is 151 Å². The van der Waals surface area contributed by atoms with Gasteiger partial charge in [-0.25, -0.2) is 14.6 Å². The van der Waals surface area contributed by atoms with Crippen molar-refractivity contribution in [3.8, 4) is 0 Å². The maximum absolute atomic E-state index is 12.4. The second kappa shape index (κ2) is 14.4. The molecule has 1 atom stereocenters. The molecular weight excluding hydrogens is 574 g/mol. The average Bonchev–Trinajstić information content (AvgIpc) is 3.55. The number of halogens is 6. The van der Waals surface area contributed by atoms with E-state index >= 15 is 0 Å². The van der Waals surface area contributed by atoms with Crippen molar-refractivity contribution in [2.45, 2.75) is 44.4 Å². The van der Waals surface area contributed by atoms with E-state index in [0.29, 0.717) is 13.0 Å². The molecule has 1 aliphatic heterocycles. The number of carbonyl (C=O) groups excluding carboxylic acids is 1. The zero-order valence-electron chi connectivity index (χ0n) is 20.3. The Kier molecular flexibility index (Phi) is 11.5. The molecule has 0 radical (unpaired) electrons. The van der Waals surface area contributed by atoms with Crippen LogP contribution in [0.15, 0.2) is 48.4 Å². The van der Waals surface area contributed by atoms with E-state index in [0.717, 1.165) is 35.9 Å². The first kappa shape index (κ1) is 32.2. The summed E-state index contributed by atoms with van der Waals surface area (Å²) in [7, 11) is 0. The summed E-state index contributed by atoms with van der Waals surface area (Å²) in [5.74, 6) is -5.49. The lowest BCUT2D eigenvalue weighted by atomic mass is 10.1. The standard InChI is InChI=1S/C18H20N6OS.2C2HF3O2/c25-17(21-10-14-2-1-4-19-9-14)8-16-12-23(13-18-20-6-7-26-18)11-15-3-5-22-24(15)16;2*3-2(4,5)1(6)7/h1-7,9,16H,8,10-13H2,(H,21,25);2*(H,6,7). The van der Waals surface area contributed by atoms with Crippen molar-refractivity contribution in [2.24, 2.45) is 0 Å². The summed E-state index contributed by atoms with van der Waals surface area (Å²) in [6.45, 7) is 2.91. The molecule has 1 amide bonds. The van der Waals surface area contributed by atoms with Crippen molar-refractivity contribution in [1.82, 2.24) is 30.0 Å². The highest BCUT2D eigenvalue weighted by atomic mass is 32.1. The number of fused-ring (bicyclic) bond motifs is 1. The van der Waals surface area contributed by atoms with Crippen LogP contribution in [0.2, 0.25) is 0 Å². The number of carboxylic acids is 2. The Morgan fingerprint density at radius 2 is 1.68 bits per heavy atom. The average molecular weight is 597 g/mol. The molecule has 1 unspecified atom stereocenters. The van der Waals surface area contributed by atoms with Gasteiger partial charge in [-0.2, -0.15) is 31.4 Å². The number of amides is 1. The number of rotatable bonds is 6. The Hall–Kier alpha value is -4.06. The second-order valence-electron chi connectivity index (χ2n) is 7.96. The van der Waals surface area contributed by atoms with Gasteiger partial charge in [0, 0.05) is 49.8 Å². The number of aliphatic carboxylic acids is 2. The first-order chi connectivity index (χ1) is 18.7. The number of carbonyl (C=O) groups is 3. The Bertz CT molecular complexity index is 1210. The van der Waals surface area contributed by atoms with Crippen molar-refractivity contribution in [1.29, 1.82) is 0 Å². The SMILES string of the molecule is O=C(CC1CN(Cc2nccs2)Cc2ccnn21)NCc1cccnc1.O=C(O)C(F)(F)F.O=C(O)C(F)(F)F. The van der Waals surface area contributed by atoms with E-state index in [4.69, 9.17) is 19.8 Å². The van der Waals surface area contributed by atoms with Gasteiger partial charge >= 0.3 is 24.3 Å². The van der Waals surface area contributed by atoms with E-state index in [1.165, 1.54) is 0 Å². The lowest BCUT2D eigenvalue weighted by molar-refractivity contribution is -0.193. The molecule has 11 nitrogen and oxygen atoms in total. The fourth-order valence-corrected chi connectivity index (χ4v) is 3.91. The fourth-order valence-electron chi connectivity index (χ4n) is 3.25. The van der Waals surface area contributed by atoms with Crippen molar-refractivity contribution in [2.75, 3.05) is 6.54 Å². The predicted octanol–water partition coefficient (Wildman–Crippen LogP) is 3.26. The van der Waals surface area contributed by atoms with Crippen LogP contribution < -0.4 is 5.32 Å². The van der Waals surface area contributed by atoms with Crippen LogP contribution in [0.4, 0.5) is 26.3 Å². The van der Waals surface area contributed by atoms with Gasteiger partial charge in [0.1, 0.15) is 5.01 Å². The first-order valence-electron chi connectivity index (χ1n) is 11.1. The van der Waals surface area contributed by atoms with E-state index < -0.39 is 24.3 Å². The van der Waals surface area contributed by atoms with Crippen LogP contribution in [-0.2, 0) is 34.0 Å². The number of hydrogen-bond donors (Lipinski definition) is 3. The van der Waals surface area contributed by atoms with E-state index in [1.807, 2.05) is 40.7 Å². The van der Waals surface area contributed by atoms with Gasteiger partial charge in [-0.1, -0.05) is 6.07 Å². The van der Waals surface area contributed by atoms with E-state index in [1.54, 1.807) is 23.7 Å². The van der Waals surface area contributed by atoms with E-state index in [-0.39, 0.29) is 11.9 Å². The lowest BCUT2D eigenvalue weighted by Gasteiger charge is -2.33. The van der Waals surface area contributed by atoms with Gasteiger partial charge in [0.25, 0.3) is 0 Å². The highest BCUT2D eigenvalue weighted by Crippen LogP contribution is 2.24. The molecule has 0 spiro atoms. The molecule has 1 aliphatic rings. The Labute approximate surface area is 226 Å². The van der Waals surface area contributed by atoms with Gasteiger partial charge in [-0.3, -0.25) is 19.4 Å². The molecule has 40 heavy (non-hydrogen) atoms. The molecule has 3 aromatic rings. The van der Waals surface area contributed by atoms with E-state index in [9.17, 15) is 31.1 Å². The quantitative estimate of drug-likeness (QED) is 0.365. The number of carboxylic acid groups (broad SMARTS) is 2. The molecule has 4 rings (SSSR count). The van der Waals surface area contributed by atoms with Gasteiger partial charge in [-0.05, 0) is 17.7 Å². The zero-order chi connectivity index (χ0) is 29.9. The molecule has 4 heterocycles. The summed E-state index contributed by atoms with van der Waals surface area (Å²) in [6, 6.07) is 5.88. The largest absolute Gasteiger partial charge is 0.490 e.